The maximum Gasteiger partial charge on any atom is 0.195 e. The van der Waals surface area contributed by atoms with Crippen molar-refractivity contribution in [2.45, 2.75) is 19.6 Å². The van der Waals surface area contributed by atoms with Crippen LogP contribution in [-0.4, -0.2) is 8.07 Å². The van der Waals surface area contributed by atoms with Gasteiger partial charge in [-0.25, -0.2) is 13.2 Å². The minimum Gasteiger partial charge on any atom is -0.204 e. The molecule has 0 amide bonds. The Balaban J connectivity index is 3.49. The minimum absolute atomic E-state index is 0.0196. The standard InChI is InChI=1S/C9H10BrF3Si/c1-14(2,3)6-4-5(10)7(11)9(13)8(6)12/h4H,1-3H3. The lowest BCUT2D eigenvalue weighted by Gasteiger charge is -2.18. The van der Waals surface area contributed by atoms with E-state index in [0.29, 0.717) is 5.19 Å². The summed E-state index contributed by atoms with van der Waals surface area (Å²) in [6.07, 6.45) is 0. The molecule has 0 saturated carbocycles. The van der Waals surface area contributed by atoms with Crippen molar-refractivity contribution in [2.75, 3.05) is 0 Å². The van der Waals surface area contributed by atoms with Gasteiger partial charge in [-0.15, -0.1) is 0 Å². The van der Waals surface area contributed by atoms with Gasteiger partial charge in [0, 0.05) is 0 Å². The summed E-state index contributed by atoms with van der Waals surface area (Å²) in [7, 11) is -1.98. The van der Waals surface area contributed by atoms with Crippen molar-refractivity contribution in [3.63, 3.8) is 0 Å². The quantitative estimate of drug-likeness (QED) is 0.421. The van der Waals surface area contributed by atoms with Crippen molar-refractivity contribution in [3.8, 4) is 0 Å². The van der Waals surface area contributed by atoms with Gasteiger partial charge in [0.15, 0.2) is 17.5 Å². The van der Waals surface area contributed by atoms with Gasteiger partial charge >= 0.3 is 0 Å². The summed E-state index contributed by atoms with van der Waals surface area (Å²) in [5.41, 5.74) is 0. The van der Waals surface area contributed by atoms with Gasteiger partial charge in [-0.3, -0.25) is 0 Å². The molecule has 0 saturated heterocycles. The lowest BCUT2D eigenvalue weighted by atomic mass is 10.3. The van der Waals surface area contributed by atoms with Gasteiger partial charge in [-0.2, -0.15) is 0 Å². The second kappa shape index (κ2) is 3.70. The Morgan fingerprint density at radius 3 is 1.93 bits per heavy atom. The molecule has 1 aromatic rings. The van der Waals surface area contributed by atoms with E-state index in [2.05, 4.69) is 15.9 Å². The van der Waals surface area contributed by atoms with Crippen LogP contribution in [0.15, 0.2) is 10.5 Å². The predicted octanol–water partition coefficient (Wildman–Crippen LogP) is 3.41. The molecule has 0 unspecified atom stereocenters. The van der Waals surface area contributed by atoms with Crippen LogP contribution in [0.2, 0.25) is 19.6 Å². The van der Waals surface area contributed by atoms with Gasteiger partial charge in [-0.05, 0) is 27.2 Å². The van der Waals surface area contributed by atoms with E-state index in [1.807, 2.05) is 19.6 Å². The molecule has 1 aromatic carbocycles. The highest BCUT2D eigenvalue weighted by Crippen LogP contribution is 2.21. The molecule has 0 atom stereocenters. The Bertz CT molecular complexity index is 371. The fraction of sp³-hybridized carbons (Fsp3) is 0.333. The highest BCUT2D eigenvalue weighted by atomic mass is 79.9. The molecule has 0 spiro atoms. The third-order valence-corrected chi connectivity index (χ3v) is 4.47. The van der Waals surface area contributed by atoms with Crippen LogP contribution in [0.1, 0.15) is 0 Å². The number of hydrogen-bond acceptors (Lipinski definition) is 0. The van der Waals surface area contributed by atoms with Crippen molar-refractivity contribution in [1.82, 2.24) is 0 Å². The zero-order valence-electron chi connectivity index (χ0n) is 8.09. The summed E-state index contributed by atoms with van der Waals surface area (Å²) in [4.78, 5) is 0. The molecule has 0 aliphatic carbocycles. The average Bonchev–Trinajstić information content (AvgIpc) is 2.06. The summed E-state index contributed by atoms with van der Waals surface area (Å²) in [5, 5.41) is 0.295. The molecule has 5 heteroatoms. The zero-order chi connectivity index (χ0) is 11.1. The summed E-state index contributed by atoms with van der Waals surface area (Å²) in [5.74, 6) is -3.61. The molecular formula is C9H10BrF3Si. The molecule has 14 heavy (non-hydrogen) atoms. The topological polar surface area (TPSA) is 0 Å². The monoisotopic (exact) mass is 282 g/mol. The first-order valence-corrected chi connectivity index (χ1v) is 8.38. The molecule has 0 N–H and O–H groups in total. The molecule has 1 rings (SSSR count). The summed E-state index contributed by atoms with van der Waals surface area (Å²) in [6, 6.07) is 1.33. The van der Waals surface area contributed by atoms with Crippen LogP contribution >= 0.6 is 15.9 Å². The molecule has 78 valence electrons. The van der Waals surface area contributed by atoms with Crippen LogP contribution in [0.3, 0.4) is 0 Å². The Morgan fingerprint density at radius 1 is 1.00 bits per heavy atom. The first-order chi connectivity index (χ1) is 6.25. The van der Waals surface area contributed by atoms with Gasteiger partial charge in [0.05, 0.1) is 12.5 Å². The Kier molecular flexibility index (Phi) is 3.11. The summed E-state index contributed by atoms with van der Waals surface area (Å²) >= 11 is 2.86. The van der Waals surface area contributed by atoms with Crippen LogP contribution in [0, 0.1) is 17.5 Å². The molecule has 0 heterocycles. The normalized spacial score (nSPS) is 11.9. The first-order valence-electron chi connectivity index (χ1n) is 4.08. The predicted molar refractivity (Wildman–Crippen MR) is 57.0 cm³/mol. The molecule has 0 nitrogen and oxygen atoms in total. The number of rotatable bonds is 1. The van der Waals surface area contributed by atoms with Gasteiger partial charge < -0.3 is 0 Å². The Hall–Kier alpha value is -0.293. The van der Waals surface area contributed by atoms with Crippen molar-refractivity contribution >= 4 is 29.2 Å². The first kappa shape index (κ1) is 11.8. The van der Waals surface area contributed by atoms with E-state index < -0.39 is 25.5 Å². The van der Waals surface area contributed by atoms with E-state index in [-0.39, 0.29) is 4.47 Å². The van der Waals surface area contributed by atoms with E-state index in [0.717, 1.165) is 0 Å². The van der Waals surface area contributed by atoms with E-state index in [4.69, 9.17) is 0 Å². The fourth-order valence-electron chi connectivity index (χ4n) is 1.12. The molecule has 0 aliphatic rings. The Morgan fingerprint density at radius 2 is 1.50 bits per heavy atom. The summed E-state index contributed by atoms with van der Waals surface area (Å²) in [6.45, 7) is 5.61. The van der Waals surface area contributed by atoms with E-state index in [1.54, 1.807) is 0 Å². The van der Waals surface area contributed by atoms with Crippen LogP contribution in [0.4, 0.5) is 13.2 Å². The molecule has 0 bridgehead atoms. The molecule has 0 aromatic heterocycles. The van der Waals surface area contributed by atoms with Crippen LogP contribution in [0.5, 0.6) is 0 Å². The highest BCUT2D eigenvalue weighted by molar-refractivity contribution is 9.10. The van der Waals surface area contributed by atoms with E-state index in [1.165, 1.54) is 6.07 Å². The molecule has 0 radical (unpaired) electrons. The van der Waals surface area contributed by atoms with Crippen LogP contribution < -0.4 is 5.19 Å². The minimum atomic E-state index is -1.98. The van der Waals surface area contributed by atoms with Crippen LogP contribution in [0.25, 0.3) is 0 Å². The third kappa shape index (κ3) is 2.03. The van der Waals surface area contributed by atoms with Crippen LogP contribution in [-0.2, 0) is 0 Å². The van der Waals surface area contributed by atoms with Crippen molar-refractivity contribution in [2.24, 2.45) is 0 Å². The van der Waals surface area contributed by atoms with Gasteiger partial charge in [0.2, 0.25) is 0 Å². The second-order valence-corrected chi connectivity index (χ2v) is 9.99. The third-order valence-electron chi connectivity index (χ3n) is 1.91. The number of halogens is 4. The lowest BCUT2D eigenvalue weighted by Crippen LogP contribution is -2.41. The van der Waals surface area contributed by atoms with E-state index in [9.17, 15) is 13.2 Å². The van der Waals surface area contributed by atoms with Gasteiger partial charge in [0.25, 0.3) is 0 Å². The summed E-state index contributed by atoms with van der Waals surface area (Å²) < 4.78 is 39.3. The largest absolute Gasteiger partial charge is 0.204 e. The van der Waals surface area contributed by atoms with Gasteiger partial charge in [0.1, 0.15) is 0 Å². The molecular weight excluding hydrogens is 273 g/mol. The van der Waals surface area contributed by atoms with Crippen molar-refractivity contribution < 1.29 is 13.2 Å². The van der Waals surface area contributed by atoms with E-state index >= 15 is 0 Å². The smallest absolute Gasteiger partial charge is 0.195 e. The number of benzene rings is 1. The number of hydrogen-bond donors (Lipinski definition) is 0. The maximum atomic E-state index is 13.3. The molecule has 0 fully saturated rings. The molecule has 0 aliphatic heterocycles. The fourth-order valence-corrected chi connectivity index (χ4v) is 3.08. The van der Waals surface area contributed by atoms with Crippen molar-refractivity contribution in [3.05, 3.63) is 28.0 Å². The van der Waals surface area contributed by atoms with Crippen molar-refractivity contribution in [1.29, 1.82) is 0 Å². The maximum absolute atomic E-state index is 13.3. The zero-order valence-corrected chi connectivity index (χ0v) is 10.7. The van der Waals surface area contributed by atoms with Gasteiger partial charge in [-0.1, -0.05) is 19.6 Å². The SMILES string of the molecule is C[Si](C)(C)c1cc(Br)c(F)c(F)c1F. The Labute approximate surface area is 90.3 Å². The average molecular weight is 283 g/mol. The highest BCUT2D eigenvalue weighted by Gasteiger charge is 2.26. The second-order valence-electron chi connectivity index (χ2n) is 4.10. The lowest BCUT2D eigenvalue weighted by molar-refractivity contribution is 0.447.